The minimum atomic E-state index is 0.210. The highest BCUT2D eigenvalue weighted by Crippen LogP contribution is 2.27. The Labute approximate surface area is 117 Å². The maximum absolute atomic E-state index is 11.2. The molecule has 1 aliphatic heterocycles. The van der Waals surface area contributed by atoms with E-state index in [0.29, 0.717) is 12.2 Å². The predicted octanol–water partition coefficient (Wildman–Crippen LogP) is 2.20. The molecule has 0 amide bonds. The number of rotatable bonds is 4. The zero-order valence-corrected chi connectivity index (χ0v) is 11.3. The zero-order valence-electron chi connectivity index (χ0n) is 11.3. The molecular formula is C15H16N2O3. The summed E-state index contributed by atoms with van der Waals surface area (Å²) in [6.45, 7) is 1.37. The van der Waals surface area contributed by atoms with E-state index in [-0.39, 0.29) is 5.92 Å². The van der Waals surface area contributed by atoms with Gasteiger partial charge >= 0.3 is 0 Å². The van der Waals surface area contributed by atoms with E-state index in [1.807, 2.05) is 24.3 Å². The summed E-state index contributed by atoms with van der Waals surface area (Å²) in [5.41, 5.74) is 2.32. The lowest BCUT2D eigenvalue weighted by Gasteiger charge is -2.05. The van der Waals surface area contributed by atoms with Crippen LogP contribution in [0.1, 0.15) is 28.4 Å². The second kappa shape index (κ2) is 5.46. The zero-order chi connectivity index (χ0) is 13.9. The van der Waals surface area contributed by atoms with E-state index in [1.165, 1.54) is 0 Å². The van der Waals surface area contributed by atoms with Crippen LogP contribution in [0.25, 0.3) is 5.69 Å². The number of nitrogens with zero attached hydrogens (tertiary/aromatic N) is 2. The fourth-order valence-electron chi connectivity index (χ4n) is 2.44. The third-order valence-corrected chi connectivity index (χ3v) is 3.53. The molecule has 0 N–H and O–H groups in total. The van der Waals surface area contributed by atoms with E-state index < -0.39 is 0 Å². The summed E-state index contributed by atoms with van der Waals surface area (Å²) in [4.78, 5) is 11.2. The first-order chi connectivity index (χ1) is 9.81. The van der Waals surface area contributed by atoms with Gasteiger partial charge < -0.3 is 9.47 Å². The summed E-state index contributed by atoms with van der Waals surface area (Å²) >= 11 is 0. The van der Waals surface area contributed by atoms with Crippen molar-refractivity contribution in [1.29, 1.82) is 0 Å². The first kappa shape index (κ1) is 12.9. The van der Waals surface area contributed by atoms with E-state index in [9.17, 15) is 4.79 Å². The van der Waals surface area contributed by atoms with Crippen LogP contribution in [-0.4, -0.2) is 36.4 Å². The molecule has 1 saturated heterocycles. The topological polar surface area (TPSA) is 53.4 Å². The van der Waals surface area contributed by atoms with Gasteiger partial charge in [-0.3, -0.25) is 4.79 Å². The largest absolute Gasteiger partial charge is 0.497 e. The molecule has 2 heterocycles. The van der Waals surface area contributed by atoms with E-state index in [2.05, 4.69) is 5.10 Å². The van der Waals surface area contributed by atoms with E-state index >= 15 is 0 Å². The minimum Gasteiger partial charge on any atom is -0.497 e. The molecule has 0 radical (unpaired) electrons. The molecule has 5 heteroatoms. The third-order valence-electron chi connectivity index (χ3n) is 3.53. The van der Waals surface area contributed by atoms with Gasteiger partial charge in [-0.15, -0.1) is 0 Å². The number of hydrogen-bond acceptors (Lipinski definition) is 4. The van der Waals surface area contributed by atoms with Gasteiger partial charge in [-0.05, 0) is 18.6 Å². The Bertz CT molecular complexity index is 615. The lowest BCUT2D eigenvalue weighted by Crippen LogP contribution is -2.03. The molecule has 0 saturated carbocycles. The molecule has 3 rings (SSSR count). The quantitative estimate of drug-likeness (QED) is 0.801. The van der Waals surface area contributed by atoms with Crippen LogP contribution < -0.4 is 4.74 Å². The Morgan fingerprint density at radius 1 is 1.50 bits per heavy atom. The Hall–Kier alpha value is -2.14. The van der Waals surface area contributed by atoms with Crippen LogP contribution in [0.3, 0.4) is 0 Å². The Morgan fingerprint density at radius 3 is 3.10 bits per heavy atom. The van der Waals surface area contributed by atoms with Crippen molar-refractivity contribution >= 4 is 6.29 Å². The van der Waals surface area contributed by atoms with Crippen molar-refractivity contribution in [2.75, 3.05) is 20.3 Å². The highest BCUT2D eigenvalue weighted by Gasteiger charge is 2.24. The van der Waals surface area contributed by atoms with Gasteiger partial charge in [0.1, 0.15) is 5.75 Å². The fraction of sp³-hybridized carbons (Fsp3) is 0.333. The molecule has 1 atom stereocenters. The predicted molar refractivity (Wildman–Crippen MR) is 73.7 cm³/mol. The van der Waals surface area contributed by atoms with Crippen molar-refractivity contribution in [2.45, 2.75) is 12.3 Å². The average Bonchev–Trinajstić information content (AvgIpc) is 3.15. The molecule has 1 aromatic heterocycles. The van der Waals surface area contributed by atoms with Crippen LogP contribution >= 0.6 is 0 Å². The molecule has 2 aromatic rings. The van der Waals surface area contributed by atoms with Crippen LogP contribution in [0.5, 0.6) is 5.75 Å². The second-order valence-electron chi connectivity index (χ2n) is 4.79. The van der Waals surface area contributed by atoms with Crippen LogP contribution in [-0.2, 0) is 4.74 Å². The molecule has 1 aliphatic rings. The highest BCUT2D eigenvalue weighted by atomic mass is 16.5. The average molecular weight is 272 g/mol. The van der Waals surface area contributed by atoms with Gasteiger partial charge in [0.05, 0.1) is 30.7 Å². The molecule has 20 heavy (non-hydrogen) atoms. The molecule has 5 nitrogen and oxygen atoms in total. The summed E-state index contributed by atoms with van der Waals surface area (Å²) in [6, 6.07) is 7.59. The van der Waals surface area contributed by atoms with Crippen molar-refractivity contribution in [3.63, 3.8) is 0 Å². The first-order valence-corrected chi connectivity index (χ1v) is 6.58. The number of carbonyl (C=O) groups excluding carboxylic acids is 1. The maximum atomic E-state index is 11.2. The summed E-state index contributed by atoms with van der Waals surface area (Å²) < 4.78 is 12.3. The minimum absolute atomic E-state index is 0.210. The normalized spacial score (nSPS) is 18.1. The standard InChI is InChI=1S/C15H16N2O3/c1-19-14-4-2-3-13(7-14)17-8-12(9-18)15(16-17)11-5-6-20-10-11/h2-4,7-9,11H,5-6,10H2,1H3. The van der Waals surface area contributed by atoms with Crippen molar-refractivity contribution in [2.24, 2.45) is 0 Å². The Kier molecular flexibility index (Phi) is 3.52. The molecule has 0 bridgehead atoms. The SMILES string of the molecule is COc1cccc(-n2cc(C=O)c(C3CCOC3)n2)c1. The van der Waals surface area contributed by atoms with Crippen molar-refractivity contribution < 1.29 is 14.3 Å². The van der Waals surface area contributed by atoms with E-state index in [0.717, 1.165) is 36.4 Å². The number of aromatic nitrogens is 2. The maximum Gasteiger partial charge on any atom is 0.153 e. The molecule has 1 fully saturated rings. The molecule has 0 spiro atoms. The molecule has 1 unspecified atom stereocenters. The van der Waals surface area contributed by atoms with Gasteiger partial charge in [-0.25, -0.2) is 4.68 Å². The number of ether oxygens (including phenoxy) is 2. The van der Waals surface area contributed by atoms with Gasteiger partial charge in [0.2, 0.25) is 0 Å². The van der Waals surface area contributed by atoms with Crippen molar-refractivity contribution in [3.8, 4) is 11.4 Å². The van der Waals surface area contributed by atoms with Gasteiger partial charge in [-0.2, -0.15) is 5.10 Å². The van der Waals surface area contributed by atoms with E-state index in [4.69, 9.17) is 9.47 Å². The highest BCUT2D eigenvalue weighted by molar-refractivity contribution is 5.76. The first-order valence-electron chi connectivity index (χ1n) is 6.58. The summed E-state index contributed by atoms with van der Waals surface area (Å²) in [5, 5.41) is 4.56. The van der Waals surface area contributed by atoms with Gasteiger partial charge in [0.25, 0.3) is 0 Å². The second-order valence-corrected chi connectivity index (χ2v) is 4.79. The van der Waals surface area contributed by atoms with Gasteiger partial charge in [0.15, 0.2) is 6.29 Å². The van der Waals surface area contributed by atoms with Crippen molar-refractivity contribution in [3.05, 3.63) is 41.7 Å². The number of carbonyl (C=O) groups is 1. The van der Waals surface area contributed by atoms with Crippen LogP contribution in [0.15, 0.2) is 30.5 Å². The van der Waals surface area contributed by atoms with Gasteiger partial charge in [0, 0.05) is 24.8 Å². The summed E-state index contributed by atoms with van der Waals surface area (Å²) in [6.07, 6.45) is 3.53. The van der Waals surface area contributed by atoms with E-state index in [1.54, 1.807) is 18.0 Å². The Balaban J connectivity index is 1.99. The number of benzene rings is 1. The van der Waals surface area contributed by atoms with Crippen LogP contribution in [0.4, 0.5) is 0 Å². The number of hydrogen-bond donors (Lipinski definition) is 0. The van der Waals surface area contributed by atoms with Crippen molar-refractivity contribution in [1.82, 2.24) is 9.78 Å². The lowest BCUT2D eigenvalue weighted by molar-refractivity contribution is 0.112. The number of aldehydes is 1. The molecular weight excluding hydrogens is 256 g/mol. The molecule has 104 valence electrons. The third kappa shape index (κ3) is 2.32. The van der Waals surface area contributed by atoms with Crippen LogP contribution in [0, 0.1) is 0 Å². The monoisotopic (exact) mass is 272 g/mol. The molecule has 0 aliphatic carbocycles. The van der Waals surface area contributed by atoms with Gasteiger partial charge in [-0.1, -0.05) is 6.07 Å². The Morgan fingerprint density at radius 2 is 2.40 bits per heavy atom. The summed E-state index contributed by atoms with van der Waals surface area (Å²) in [5.74, 6) is 0.971. The smallest absolute Gasteiger partial charge is 0.153 e. The molecule has 1 aromatic carbocycles. The van der Waals surface area contributed by atoms with Crippen LogP contribution in [0.2, 0.25) is 0 Å². The summed E-state index contributed by atoms with van der Waals surface area (Å²) in [7, 11) is 1.63. The number of methoxy groups -OCH3 is 1. The fourth-order valence-corrected chi connectivity index (χ4v) is 2.44. The lowest BCUT2D eigenvalue weighted by atomic mass is 10.0.